The number of methoxy groups -OCH3 is 1. The third-order valence-corrected chi connectivity index (χ3v) is 2.26. The summed E-state index contributed by atoms with van der Waals surface area (Å²) in [5.41, 5.74) is 3.01. The van der Waals surface area contributed by atoms with E-state index in [1.807, 2.05) is 6.92 Å². The maximum Gasteiger partial charge on any atom is 0.236 e. The van der Waals surface area contributed by atoms with Crippen molar-refractivity contribution in [2.24, 2.45) is 5.10 Å². The fraction of sp³-hybridized carbons (Fsp3) is 0.333. The molecule has 0 aliphatic rings. The molecule has 1 N–H and O–H groups in total. The lowest BCUT2D eigenvalue weighted by molar-refractivity contribution is -0.118. The quantitative estimate of drug-likeness (QED) is 0.659. The molecule has 0 saturated carbocycles. The molecule has 0 spiro atoms. The Labute approximate surface area is 111 Å². The zero-order chi connectivity index (χ0) is 13.5. The van der Waals surface area contributed by atoms with Crippen LogP contribution in [0.3, 0.4) is 0 Å². The summed E-state index contributed by atoms with van der Waals surface area (Å²) >= 11 is 6.08. The van der Waals surface area contributed by atoms with Crippen LogP contribution >= 0.6 is 11.6 Å². The third-order valence-electron chi connectivity index (χ3n) is 1.98. The summed E-state index contributed by atoms with van der Waals surface area (Å²) in [6.45, 7) is 3.74. The smallest absolute Gasteiger partial charge is 0.236 e. The van der Waals surface area contributed by atoms with Gasteiger partial charge in [0.25, 0.3) is 0 Å². The molecule has 0 aliphatic carbocycles. The summed E-state index contributed by atoms with van der Waals surface area (Å²) < 4.78 is 10.6. The van der Waals surface area contributed by atoms with E-state index in [0.717, 1.165) is 0 Å². The highest BCUT2D eigenvalue weighted by molar-refractivity contribution is 6.32. The number of hydrazone groups is 1. The molecule has 6 heteroatoms. The second-order valence-corrected chi connectivity index (χ2v) is 3.80. The van der Waals surface area contributed by atoms with Gasteiger partial charge in [-0.2, -0.15) is 5.10 Å². The van der Waals surface area contributed by atoms with Gasteiger partial charge in [0.2, 0.25) is 5.91 Å². The Morgan fingerprint density at radius 1 is 1.56 bits per heavy atom. The van der Waals surface area contributed by atoms with Gasteiger partial charge in [0.1, 0.15) is 0 Å². The van der Waals surface area contributed by atoms with Crippen LogP contribution in [0.5, 0.6) is 11.5 Å². The van der Waals surface area contributed by atoms with Gasteiger partial charge < -0.3 is 9.47 Å². The number of amides is 1. The minimum Gasteiger partial charge on any atom is -0.493 e. The van der Waals surface area contributed by atoms with Crippen molar-refractivity contribution >= 4 is 23.7 Å². The van der Waals surface area contributed by atoms with Crippen LogP contribution in [0.15, 0.2) is 17.2 Å². The molecule has 1 rings (SSSR count). The Bertz CT molecular complexity index is 461. The van der Waals surface area contributed by atoms with Crippen LogP contribution in [0.1, 0.15) is 19.4 Å². The second kappa shape index (κ2) is 6.86. The van der Waals surface area contributed by atoms with E-state index in [2.05, 4.69) is 10.5 Å². The Morgan fingerprint density at radius 3 is 2.83 bits per heavy atom. The van der Waals surface area contributed by atoms with Crippen molar-refractivity contribution < 1.29 is 14.3 Å². The number of nitrogens with zero attached hydrogens (tertiary/aromatic N) is 1. The molecule has 18 heavy (non-hydrogen) atoms. The molecule has 0 atom stereocenters. The predicted molar refractivity (Wildman–Crippen MR) is 70.6 cm³/mol. The van der Waals surface area contributed by atoms with Gasteiger partial charge in [-0.3, -0.25) is 4.79 Å². The number of rotatable bonds is 5. The summed E-state index contributed by atoms with van der Waals surface area (Å²) in [6.07, 6.45) is 1.48. The molecule has 1 aromatic rings. The van der Waals surface area contributed by atoms with Crippen molar-refractivity contribution in [3.8, 4) is 11.5 Å². The van der Waals surface area contributed by atoms with Crippen molar-refractivity contribution in [3.63, 3.8) is 0 Å². The van der Waals surface area contributed by atoms with Crippen molar-refractivity contribution in [2.75, 3.05) is 13.7 Å². The minimum absolute atomic E-state index is 0.241. The van der Waals surface area contributed by atoms with Crippen LogP contribution in [-0.2, 0) is 4.79 Å². The predicted octanol–water partition coefficient (Wildman–Crippen LogP) is 2.22. The lowest BCUT2D eigenvalue weighted by Gasteiger charge is -2.11. The van der Waals surface area contributed by atoms with E-state index < -0.39 is 0 Å². The normalized spacial score (nSPS) is 10.4. The van der Waals surface area contributed by atoms with Crippen molar-refractivity contribution in [3.05, 3.63) is 22.7 Å². The first-order valence-electron chi connectivity index (χ1n) is 5.38. The summed E-state index contributed by atoms with van der Waals surface area (Å²) in [4.78, 5) is 10.7. The average molecular weight is 271 g/mol. The Balaban J connectivity index is 2.99. The molecule has 0 heterocycles. The van der Waals surface area contributed by atoms with Gasteiger partial charge in [-0.1, -0.05) is 11.6 Å². The van der Waals surface area contributed by atoms with Gasteiger partial charge >= 0.3 is 0 Å². The molecule has 0 aliphatic heterocycles. The van der Waals surface area contributed by atoms with Gasteiger partial charge in [0, 0.05) is 6.92 Å². The van der Waals surface area contributed by atoms with Crippen LogP contribution in [0.25, 0.3) is 0 Å². The zero-order valence-corrected chi connectivity index (χ0v) is 11.2. The monoisotopic (exact) mass is 270 g/mol. The Hall–Kier alpha value is -1.75. The Kier molecular flexibility index (Phi) is 5.45. The van der Waals surface area contributed by atoms with E-state index in [1.54, 1.807) is 12.1 Å². The number of halogens is 1. The summed E-state index contributed by atoms with van der Waals surface area (Å²) in [6, 6.07) is 3.41. The average Bonchev–Trinajstić information content (AvgIpc) is 2.31. The van der Waals surface area contributed by atoms with Crippen LogP contribution in [0, 0.1) is 0 Å². The molecule has 0 radical (unpaired) electrons. The van der Waals surface area contributed by atoms with E-state index in [0.29, 0.717) is 28.7 Å². The number of hydrogen-bond acceptors (Lipinski definition) is 4. The third kappa shape index (κ3) is 3.92. The van der Waals surface area contributed by atoms with E-state index in [9.17, 15) is 4.79 Å². The van der Waals surface area contributed by atoms with Crippen LogP contribution in [0.4, 0.5) is 0 Å². The molecule has 0 bridgehead atoms. The van der Waals surface area contributed by atoms with Crippen LogP contribution in [0.2, 0.25) is 5.02 Å². The molecule has 1 amide bonds. The lowest BCUT2D eigenvalue weighted by Crippen LogP contribution is -2.12. The largest absolute Gasteiger partial charge is 0.493 e. The Morgan fingerprint density at radius 2 is 2.28 bits per heavy atom. The molecule has 5 nitrogen and oxygen atoms in total. The van der Waals surface area contributed by atoms with E-state index in [4.69, 9.17) is 21.1 Å². The first-order valence-corrected chi connectivity index (χ1v) is 5.76. The lowest BCUT2D eigenvalue weighted by atomic mass is 10.2. The molecule has 1 aromatic carbocycles. The molecule has 0 aromatic heterocycles. The number of benzene rings is 1. The SMILES string of the molecule is CCOc1c(Cl)cc(/C=N\NC(C)=O)cc1OC. The van der Waals surface area contributed by atoms with Gasteiger partial charge in [-0.25, -0.2) is 5.43 Å². The van der Waals surface area contributed by atoms with E-state index >= 15 is 0 Å². The van der Waals surface area contributed by atoms with Gasteiger partial charge in [0.15, 0.2) is 11.5 Å². The van der Waals surface area contributed by atoms with Crippen LogP contribution in [-0.4, -0.2) is 25.8 Å². The summed E-state index contributed by atoms with van der Waals surface area (Å²) in [5, 5.41) is 4.18. The molecule has 98 valence electrons. The highest BCUT2D eigenvalue weighted by Gasteiger charge is 2.10. The van der Waals surface area contributed by atoms with Gasteiger partial charge in [0.05, 0.1) is 25.0 Å². The summed E-state index contributed by atoms with van der Waals surface area (Å²) in [7, 11) is 1.53. The second-order valence-electron chi connectivity index (χ2n) is 3.39. The van der Waals surface area contributed by atoms with Crippen LogP contribution < -0.4 is 14.9 Å². The number of carbonyl (C=O) groups is 1. The molecule has 0 unspecified atom stereocenters. The highest BCUT2D eigenvalue weighted by atomic mass is 35.5. The maximum atomic E-state index is 10.7. The number of carbonyl (C=O) groups excluding carboxylic acids is 1. The van der Waals surface area contributed by atoms with Crippen molar-refractivity contribution in [1.29, 1.82) is 0 Å². The number of nitrogens with one attached hydrogen (secondary N) is 1. The first kappa shape index (κ1) is 14.3. The number of hydrogen-bond donors (Lipinski definition) is 1. The van der Waals surface area contributed by atoms with E-state index in [1.165, 1.54) is 20.2 Å². The van der Waals surface area contributed by atoms with Crippen molar-refractivity contribution in [2.45, 2.75) is 13.8 Å². The summed E-state index contributed by atoms with van der Waals surface area (Å²) in [5.74, 6) is 0.780. The topological polar surface area (TPSA) is 59.9 Å². The maximum absolute atomic E-state index is 10.7. The molecule has 0 saturated heterocycles. The first-order chi connectivity index (χ1) is 8.58. The van der Waals surface area contributed by atoms with E-state index in [-0.39, 0.29) is 5.91 Å². The fourth-order valence-electron chi connectivity index (χ4n) is 1.30. The highest BCUT2D eigenvalue weighted by Crippen LogP contribution is 2.35. The zero-order valence-electron chi connectivity index (χ0n) is 10.5. The van der Waals surface area contributed by atoms with Crippen molar-refractivity contribution in [1.82, 2.24) is 5.43 Å². The standard InChI is InChI=1S/C12H15ClN2O3/c1-4-18-12-10(13)5-9(6-11(12)17-3)7-14-15-8(2)16/h5-7H,4H2,1-3H3,(H,15,16)/b14-7-. The van der Waals surface area contributed by atoms with Gasteiger partial charge in [-0.05, 0) is 24.6 Å². The fourth-order valence-corrected chi connectivity index (χ4v) is 1.57. The minimum atomic E-state index is -0.241. The molecular weight excluding hydrogens is 256 g/mol. The molecule has 0 fully saturated rings. The van der Waals surface area contributed by atoms with Gasteiger partial charge in [-0.15, -0.1) is 0 Å². The molecular formula is C12H15ClN2O3. The number of ether oxygens (including phenoxy) is 2.